The summed E-state index contributed by atoms with van der Waals surface area (Å²) in [6.07, 6.45) is -4.55. The number of amides is 1. The first kappa shape index (κ1) is 17.9. The molecule has 0 saturated carbocycles. The summed E-state index contributed by atoms with van der Waals surface area (Å²) in [7, 11) is 0. The molecule has 0 aliphatic heterocycles. The summed E-state index contributed by atoms with van der Waals surface area (Å²) >= 11 is 7.66. The fourth-order valence-corrected chi connectivity index (χ4v) is 2.48. The Kier molecular flexibility index (Phi) is 5.75. The highest BCUT2D eigenvalue weighted by Gasteiger charge is 2.33. The van der Waals surface area contributed by atoms with Crippen molar-refractivity contribution < 1.29 is 18.0 Å². The molecule has 0 heterocycles. The number of carbonyl (C=O) groups excluding carboxylic acids is 1. The summed E-state index contributed by atoms with van der Waals surface area (Å²) in [5.41, 5.74) is 4.50. The second-order valence-corrected chi connectivity index (χ2v) is 6.12. The van der Waals surface area contributed by atoms with E-state index >= 15 is 0 Å². The molecule has 1 rings (SSSR count). The smallest absolute Gasteiger partial charge is 0.392 e. The minimum atomic E-state index is -4.55. The van der Waals surface area contributed by atoms with Crippen LogP contribution in [0.2, 0.25) is 0 Å². The van der Waals surface area contributed by atoms with Gasteiger partial charge >= 0.3 is 6.18 Å². The average Bonchev–Trinajstić information content (AvgIpc) is 2.33. The molecule has 21 heavy (non-hydrogen) atoms. The Labute approximate surface area is 134 Å². The monoisotopic (exact) mass is 382 g/mol. The van der Waals surface area contributed by atoms with Gasteiger partial charge in [0.2, 0.25) is 0 Å². The number of alkyl halides is 3. The molecule has 1 unspecified atom stereocenters. The molecular weight excluding hydrogens is 369 g/mol. The van der Waals surface area contributed by atoms with E-state index in [-0.39, 0.29) is 20.9 Å². The molecule has 0 aliphatic carbocycles. The van der Waals surface area contributed by atoms with E-state index in [1.54, 1.807) is 13.8 Å². The third kappa shape index (κ3) is 4.67. The third-order valence-corrected chi connectivity index (χ3v) is 3.74. The number of thiocarbonyl (C=S) groups is 1. The Morgan fingerprint density at radius 3 is 2.38 bits per heavy atom. The summed E-state index contributed by atoms with van der Waals surface area (Å²) in [5.74, 6) is -0.719. The molecule has 1 aromatic carbocycles. The highest BCUT2D eigenvalue weighted by atomic mass is 79.9. The molecule has 3 N–H and O–H groups in total. The minimum Gasteiger partial charge on any atom is -0.392 e. The maximum absolute atomic E-state index is 12.8. The SMILES string of the molecule is CC(C)C(NC(=O)c1ccc(Br)c(C(F)(F)F)c1)C(N)=S. The predicted octanol–water partition coefficient (Wildman–Crippen LogP) is 3.51. The molecular formula is C13H14BrF3N2OS. The van der Waals surface area contributed by atoms with Gasteiger partial charge in [0.05, 0.1) is 16.6 Å². The van der Waals surface area contributed by atoms with Gasteiger partial charge in [0.1, 0.15) is 0 Å². The van der Waals surface area contributed by atoms with Gasteiger partial charge in [0, 0.05) is 10.0 Å². The summed E-state index contributed by atoms with van der Waals surface area (Å²) in [5, 5.41) is 2.54. The first-order chi connectivity index (χ1) is 9.54. The number of rotatable bonds is 4. The molecule has 0 aliphatic rings. The van der Waals surface area contributed by atoms with Crippen molar-refractivity contribution in [3.05, 3.63) is 33.8 Å². The number of benzene rings is 1. The summed E-state index contributed by atoms with van der Waals surface area (Å²) < 4.78 is 38.3. The highest BCUT2D eigenvalue weighted by Crippen LogP contribution is 2.35. The number of hydrogen-bond acceptors (Lipinski definition) is 2. The van der Waals surface area contributed by atoms with E-state index in [1.807, 2.05) is 0 Å². The Hall–Kier alpha value is -1.15. The molecule has 0 radical (unpaired) electrons. The van der Waals surface area contributed by atoms with Crippen LogP contribution in [0.4, 0.5) is 13.2 Å². The van der Waals surface area contributed by atoms with Crippen molar-refractivity contribution in [2.75, 3.05) is 0 Å². The minimum absolute atomic E-state index is 0.0658. The van der Waals surface area contributed by atoms with Crippen molar-refractivity contribution in [3.63, 3.8) is 0 Å². The lowest BCUT2D eigenvalue weighted by Crippen LogP contribution is -2.46. The first-order valence-corrected chi connectivity index (χ1v) is 7.21. The molecule has 1 atom stereocenters. The predicted molar refractivity (Wildman–Crippen MR) is 82.0 cm³/mol. The zero-order valence-electron chi connectivity index (χ0n) is 11.3. The largest absolute Gasteiger partial charge is 0.417 e. The molecule has 8 heteroatoms. The van der Waals surface area contributed by atoms with Gasteiger partial charge in [0.15, 0.2) is 0 Å². The molecule has 1 amide bonds. The van der Waals surface area contributed by atoms with Crippen LogP contribution in [0.15, 0.2) is 22.7 Å². The molecule has 1 aromatic rings. The third-order valence-electron chi connectivity index (χ3n) is 2.79. The lowest BCUT2D eigenvalue weighted by molar-refractivity contribution is -0.138. The van der Waals surface area contributed by atoms with Crippen LogP contribution < -0.4 is 11.1 Å². The van der Waals surface area contributed by atoms with Crippen LogP contribution in [0.3, 0.4) is 0 Å². The maximum atomic E-state index is 12.8. The van der Waals surface area contributed by atoms with Crippen molar-refractivity contribution >= 4 is 39.0 Å². The Bertz CT molecular complexity index is 561. The number of hydrogen-bond donors (Lipinski definition) is 2. The number of halogens is 4. The fourth-order valence-electron chi connectivity index (χ4n) is 1.67. The van der Waals surface area contributed by atoms with E-state index in [1.165, 1.54) is 12.1 Å². The molecule has 0 bridgehead atoms. The van der Waals surface area contributed by atoms with Gasteiger partial charge in [-0.3, -0.25) is 4.79 Å². The normalized spacial score (nSPS) is 13.1. The van der Waals surface area contributed by atoms with Crippen LogP contribution in [0.5, 0.6) is 0 Å². The molecule has 3 nitrogen and oxygen atoms in total. The van der Waals surface area contributed by atoms with E-state index in [9.17, 15) is 18.0 Å². The van der Waals surface area contributed by atoms with E-state index < -0.39 is 23.7 Å². The maximum Gasteiger partial charge on any atom is 0.417 e. The van der Waals surface area contributed by atoms with E-state index in [2.05, 4.69) is 21.2 Å². The summed E-state index contributed by atoms with van der Waals surface area (Å²) in [6, 6.07) is 2.69. The first-order valence-electron chi connectivity index (χ1n) is 6.01. The number of nitrogens with one attached hydrogen (secondary N) is 1. The van der Waals surface area contributed by atoms with Crippen molar-refractivity contribution in [2.45, 2.75) is 26.1 Å². The van der Waals surface area contributed by atoms with Crippen LogP contribution in [-0.4, -0.2) is 16.9 Å². The van der Waals surface area contributed by atoms with Crippen LogP contribution in [0.25, 0.3) is 0 Å². The number of nitrogens with two attached hydrogens (primary N) is 1. The van der Waals surface area contributed by atoms with Gasteiger partial charge in [-0.1, -0.05) is 42.0 Å². The van der Waals surface area contributed by atoms with Crippen LogP contribution in [0.1, 0.15) is 29.8 Å². The Morgan fingerprint density at radius 1 is 1.38 bits per heavy atom. The van der Waals surface area contributed by atoms with Crippen molar-refractivity contribution in [1.82, 2.24) is 5.32 Å². The van der Waals surface area contributed by atoms with Gasteiger partial charge in [-0.05, 0) is 24.1 Å². The quantitative estimate of drug-likeness (QED) is 0.783. The molecule has 0 spiro atoms. The topological polar surface area (TPSA) is 55.1 Å². The molecule has 116 valence electrons. The van der Waals surface area contributed by atoms with E-state index in [0.717, 1.165) is 6.07 Å². The Morgan fingerprint density at radius 2 is 1.95 bits per heavy atom. The fraction of sp³-hybridized carbons (Fsp3) is 0.385. The van der Waals surface area contributed by atoms with Crippen LogP contribution >= 0.6 is 28.1 Å². The lowest BCUT2D eigenvalue weighted by Gasteiger charge is -2.21. The van der Waals surface area contributed by atoms with Gasteiger partial charge in [-0.25, -0.2) is 0 Å². The second kappa shape index (κ2) is 6.74. The van der Waals surface area contributed by atoms with Gasteiger partial charge in [-0.2, -0.15) is 13.2 Å². The number of carbonyl (C=O) groups is 1. The second-order valence-electron chi connectivity index (χ2n) is 4.79. The Balaban J connectivity index is 3.06. The van der Waals surface area contributed by atoms with Crippen LogP contribution in [0, 0.1) is 5.92 Å². The average molecular weight is 383 g/mol. The van der Waals surface area contributed by atoms with Crippen LogP contribution in [-0.2, 0) is 6.18 Å². The lowest BCUT2D eigenvalue weighted by atomic mass is 10.0. The zero-order valence-corrected chi connectivity index (χ0v) is 13.7. The molecule has 0 aromatic heterocycles. The van der Waals surface area contributed by atoms with Crippen molar-refractivity contribution in [1.29, 1.82) is 0 Å². The van der Waals surface area contributed by atoms with Gasteiger partial charge < -0.3 is 11.1 Å². The summed E-state index contributed by atoms with van der Waals surface area (Å²) in [4.78, 5) is 12.1. The van der Waals surface area contributed by atoms with Gasteiger partial charge in [-0.15, -0.1) is 0 Å². The summed E-state index contributed by atoms with van der Waals surface area (Å²) in [6.45, 7) is 3.60. The van der Waals surface area contributed by atoms with Gasteiger partial charge in [0.25, 0.3) is 5.91 Å². The molecule has 0 fully saturated rings. The van der Waals surface area contributed by atoms with Crippen molar-refractivity contribution in [2.24, 2.45) is 11.7 Å². The van der Waals surface area contributed by atoms with Crippen molar-refractivity contribution in [3.8, 4) is 0 Å². The standard InChI is InChI=1S/C13H14BrF3N2OS/c1-6(2)10(11(18)21)19-12(20)7-3-4-9(14)8(5-7)13(15,16)17/h3-6,10H,1-2H3,(H2,18,21)(H,19,20). The zero-order chi connectivity index (χ0) is 16.4. The highest BCUT2D eigenvalue weighted by molar-refractivity contribution is 9.10. The van der Waals surface area contributed by atoms with E-state index in [0.29, 0.717) is 0 Å². The van der Waals surface area contributed by atoms with E-state index in [4.69, 9.17) is 18.0 Å². The molecule has 0 saturated heterocycles.